The predicted octanol–water partition coefficient (Wildman–Crippen LogP) is 7.99. The first kappa shape index (κ1) is 25.4. The largest absolute Gasteiger partial charge is 0.378 e. The summed E-state index contributed by atoms with van der Waals surface area (Å²) >= 11 is 6.21. The second kappa shape index (κ2) is 10.4. The molecule has 0 amide bonds. The van der Waals surface area contributed by atoms with E-state index >= 15 is 0 Å². The van der Waals surface area contributed by atoms with Gasteiger partial charge in [0, 0.05) is 28.4 Å². The molecule has 0 fully saturated rings. The summed E-state index contributed by atoms with van der Waals surface area (Å²) in [5.41, 5.74) is 5.92. The van der Waals surface area contributed by atoms with Crippen LogP contribution in [0.3, 0.4) is 0 Å². The van der Waals surface area contributed by atoms with Crippen LogP contribution in [0.1, 0.15) is 40.6 Å². The Morgan fingerprint density at radius 2 is 1.74 bits per heavy atom. The van der Waals surface area contributed by atoms with Gasteiger partial charge in [0.2, 0.25) is 0 Å². The number of rotatable bonds is 6. The first-order valence-corrected chi connectivity index (χ1v) is 14.6. The maximum Gasteiger partial charge on any atom is 0.339 e. The van der Waals surface area contributed by atoms with E-state index in [4.69, 9.17) is 15.8 Å². The van der Waals surface area contributed by atoms with Gasteiger partial charge in [-0.25, -0.2) is 0 Å². The zero-order chi connectivity index (χ0) is 27.0. The second-order valence-electron chi connectivity index (χ2n) is 9.95. The fraction of sp³-hybridized carbons (Fsp3) is 0.156. The molecule has 0 unspecified atom stereocenters. The number of anilines is 1. The summed E-state index contributed by atoms with van der Waals surface area (Å²) in [4.78, 5) is 4.67. The second-order valence-corrected chi connectivity index (χ2v) is 11.9. The maximum atomic E-state index is 12.9. The van der Waals surface area contributed by atoms with Crippen molar-refractivity contribution >= 4 is 39.3 Å². The predicted molar refractivity (Wildman–Crippen MR) is 157 cm³/mol. The van der Waals surface area contributed by atoms with Crippen molar-refractivity contribution in [2.75, 3.05) is 5.32 Å². The molecule has 2 aliphatic rings. The molecule has 0 saturated heterocycles. The number of aliphatic imine (C=N–C) groups is 1. The molecule has 1 heterocycles. The maximum absolute atomic E-state index is 12.9. The number of halogens is 1. The minimum absolute atomic E-state index is 0.0835. The van der Waals surface area contributed by atoms with E-state index in [0.29, 0.717) is 22.4 Å². The Bertz CT molecular complexity index is 1680. The first-order chi connectivity index (χ1) is 18.9. The summed E-state index contributed by atoms with van der Waals surface area (Å²) in [6.45, 7) is 1.89. The van der Waals surface area contributed by atoms with Crippen molar-refractivity contribution in [3.63, 3.8) is 0 Å². The molecule has 1 N–H and O–H groups in total. The molecular weight excluding hydrogens is 528 g/mol. The van der Waals surface area contributed by atoms with Crippen LogP contribution in [0.2, 0.25) is 5.02 Å². The van der Waals surface area contributed by atoms with Gasteiger partial charge in [0.05, 0.1) is 11.7 Å². The number of allylic oxidation sites excluding steroid dienone is 2. The van der Waals surface area contributed by atoms with Crippen molar-refractivity contribution in [1.82, 2.24) is 0 Å². The summed E-state index contributed by atoms with van der Waals surface area (Å²) in [7, 11) is -4.01. The van der Waals surface area contributed by atoms with Gasteiger partial charge in [-0.15, -0.1) is 0 Å². The van der Waals surface area contributed by atoms with Gasteiger partial charge in [-0.05, 0) is 78.9 Å². The lowest BCUT2D eigenvalue weighted by Gasteiger charge is -2.37. The zero-order valence-electron chi connectivity index (χ0n) is 21.3. The lowest BCUT2D eigenvalue weighted by molar-refractivity contribution is 0.425. The van der Waals surface area contributed by atoms with E-state index in [1.807, 2.05) is 19.1 Å². The average Bonchev–Trinajstić information content (AvgIpc) is 3.44. The van der Waals surface area contributed by atoms with E-state index in [0.717, 1.165) is 17.7 Å². The molecule has 4 aromatic carbocycles. The van der Waals surface area contributed by atoms with Crippen LogP contribution in [0, 0.1) is 12.8 Å². The summed E-state index contributed by atoms with van der Waals surface area (Å²) < 4.78 is 31.2. The molecule has 0 spiro atoms. The topological polar surface area (TPSA) is 67.8 Å². The van der Waals surface area contributed by atoms with E-state index in [1.165, 1.54) is 35.0 Å². The Kier molecular flexibility index (Phi) is 6.75. The van der Waals surface area contributed by atoms with Crippen LogP contribution in [0.15, 0.2) is 113 Å². The van der Waals surface area contributed by atoms with Gasteiger partial charge in [0.25, 0.3) is 0 Å². The zero-order valence-corrected chi connectivity index (χ0v) is 22.9. The molecule has 6 rings (SSSR count). The first-order valence-electron chi connectivity index (χ1n) is 12.8. The molecule has 1 aliphatic heterocycles. The third-order valence-electron chi connectivity index (χ3n) is 7.36. The molecule has 0 saturated carbocycles. The van der Waals surface area contributed by atoms with E-state index in [9.17, 15) is 8.42 Å². The molecule has 0 bridgehead atoms. The number of hydrogen-bond acceptors (Lipinski definition) is 5. The molecular formula is C32H27ClN2O3S. The van der Waals surface area contributed by atoms with Gasteiger partial charge in [0.15, 0.2) is 5.75 Å². The molecule has 4 aromatic rings. The van der Waals surface area contributed by atoms with E-state index < -0.39 is 10.1 Å². The highest BCUT2D eigenvalue weighted by Gasteiger charge is 2.37. The summed E-state index contributed by atoms with van der Waals surface area (Å²) in [5.74, 6) is 1.05. The van der Waals surface area contributed by atoms with Crippen LogP contribution in [0.25, 0.3) is 0 Å². The normalized spacial score (nSPS) is 19.9. The van der Waals surface area contributed by atoms with Crippen molar-refractivity contribution in [1.29, 1.82) is 0 Å². The highest BCUT2D eigenvalue weighted by molar-refractivity contribution is 7.87. The fourth-order valence-electron chi connectivity index (χ4n) is 5.35. The summed E-state index contributed by atoms with van der Waals surface area (Å²) in [6.07, 6.45) is 7.24. The number of nitrogens with one attached hydrogen (secondary N) is 1. The molecule has 39 heavy (non-hydrogen) atoms. The number of fused-ring (bicyclic) bond motifs is 3. The van der Waals surface area contributed by atoms with Gasteiger partial charge in [0.1, 0.15) is 4.90 Å². The lowest BCUT2D eigenvalue weighted by Crippen LogP contribution is -2.28. The standard InChI is InChI=1S/C32H27ClN2O3S/c1-21-9-16-26(17-10-21)39(36,37)38-31-18-13-24(33)19-23(31)20-34-25-14-11-22(12-15-25)32-29-7-4-6-27(29)28-5-2-3-8-30(28)35-32/h2-6,8-20,27,29,32,35H,7H2,1H3/t27-,29+,32+/m1/s1. The average molecular weight is 555 g/mol. The van der Waals surface area contributed by atoms with Crippen LogP contribution < -0.4 is 9.50 Å². The molecule has 0 aromatic heterocycles. The molecule has 7 heteroatoms. The fourth-order valence-corrected chi connectivity index (χ4v) is 6.49. The third kappa shape index (κ3) is 5.22. The van der Waals surface area contributed by atoms with Gasteiger partial charge in [-0.2, -0.15) is 8.42 Å². The smallest absolute Gasteiger partial charge is 0.339 e. The van der Waals surface area contributed by atoms with Crippen LogP contribution in [-0.2, 0) is 10.1 Å². The molecule has 5 nitrogen and oxygen atoms in total. The van der Waals surface area contributed by atoms with Crippen LogP contribution >= 0.6 is 11.6 Å². The van der Waals surface area contributed by atoms with Gasteiger partial charge in [-0.3, -0.25) is 4.99 Å². The molecule has 1 aliphatic carbocycles. The van der Waals surface area contributed by atoms with Crippen LogP contribution in [0.4, 0.5) is 11.4 Å². The van der Waals surface area contributed by atoms with Crippen molar-refractivity contribution in [2.45, 2.75) is 30.2 Å². The van der Waals surface area contributed by atoms with Crippen molar-refractivity contribution in [3.05, 3.63) is 130 Å². The Labute approximate surface area is 234 Å². The van der Waals surface area contributed by atoms with Crippen molar-refractivity contribution < 1.29 is 12.6 Å². The monoisotopic (exact) mass is 554 g/mol. The number of hydrogen-bond donors (Lipinski definition) is 1. The van der Waals surface area contributed by atoms with Crippen molar-refractivity contribution in [3.8, 4) is 5.75 Å². The van der Waals surface area contributed by atoms with E-state index in [-0.39, 0.29) is 16.7 Å². The Morgan fingerprint density at radius 1 is 0.974 bits per heavy atom. The molecule has 196 valence electrons. The van der Waals surface area contributed by atoms with Crippen molar-refractivity contribution in [2.24, 2.45) is 10.9 Å². The molecule has 0 radical (unpaired) electrons. The number of nitrogens with zero attached hydrogens (tertiary/aromatic N) is 1. The number of aryl methyl sites for hydroxylation is 1. The molecule has 3 atom stereocenters. The Balaban J connectivity index is 1.23. The summed E-state index contributed by atoms with van der Waals surface area (Å²) in [5, 5.41) is 4.20. The minimum atomic E-state index is -4.01. The lowest BCUT2D eigenvalue weighted by atomic mass is 9.77. The highest BCUT2D eigenvalue weighted by Crippen LogP contribution is 2.49. The quantitative estimate of drug-likeness (QED) is 0.149. The van der Waals surface area contributed by atoms with E-state index in [1.54, 1.807) is 30.5 Å². The summed E-state index contributed by atoms with van der Waals surface area (Å²) in [6, 6.07) is 28.2. The number of benzene rings is 4. The Hall–Kier alpha value is -3.87. The number of para-hydroxylation sites is 1. The van der Waals surface area contributed by atoms with Crippen LogP contribution in [-0.4, -0.2) is 14.6 Å². The SMILES string of the molecule is Cc1ccc(S(=O)(=O)Oc2ccc(Cl)cc2C=Nc2ccc([C@@H]3Nc4ccccc4[C@H]4C=CC[C@@H]43)cc2)cc1. The van der Waals surface area contributed by atoms with Gasteiger partial charge in [-0.1, -0.05) is 71.8 Å². The Morgan fingerprint density at radius 3 is 2.54 bits per heavy atom. The van der Waals surface area contributed by atoms with E-state index in [2.05, 4.69) is 58.9 Å². The third-order valence-corrected chi connectivity index (χ3v) is 8.84. The highest BCUT2D eigenvalue weighted by atomic mass is 35.5. The van der Waals surface area contributed by atoms with Gasteiger partial charge >= 0.3 is 10.1 Å². The minimum Gasteiger partial charge on any atom is -0.378 e. The van der Waals surface area contributed by atoms with Crippen LogP contribution in [0.5, 0.6) is 5.75 Å². The van der Waals surface area contributed by atoms with Gasteiger partial charge < -0.3 is 9.50 Å².